The van der Waals surface area contributed by atoms with Crippen molar-refractivity contribution in [1.82, 2.24) is 0 Å². The number of para-hydroxylation sites is 1. The van der Waals surface area contributed by atoms with E-state index in [9.17, 15) is 4.79 Å². The third-order valence-electron chi connectivity index (χ3n) is 3.34. The van der Waals surface area contributed by atoms with E-state index in [4.69, 9.17) is 23.2 Å². The number of anilines is 1. The maximum Gasteiger partial charge on any atom is 0.248 e. The predicted molar refractivity (Wildman–Crippen MR) is 104 cm³/mol. The average molecular weight is 374 g/mol. The Bertz CT molecular complexity index is 888. The summed E-state index contributed by atoms with van der Waals surface area (Å²) in [5.41, 5.74) is 2.60. The van der Waals surface area contributed by atoms with Crippen LogP contribution in [0.1, 0.15) is 5.56 Å². The normalized spacial score (nSPS) is 10.9. The Morgan fingerprint density at radius 3 is 2.58 bits per heavy atom. The first-order valence-electron chi connectivity index (χ1n) is 7.20. The lowest BCUT2D eigenvalue weighted by molar-refractivity contribution is -0.111. The third-order valence-corrected chi connectivity index (χ3v) is 4.98. The SMILES string of the molecule is O=C(/C=C/c1ccc(Cl)c(Cl)c1)Nc1ccccc1-c1cccs1. The molecular formula is C19H13Cl2NOS. The second kappa shape index (κ2) is 7.67. The van der Waals surface area contributed by atoms with Crippen molar-refractivity contribution in [2.24, 2.45) is 0 Å². The Morgan fingerprint density at radius 1 is 1.00 bits per heavy atom. The van der Waals surface area contributed by atoms with Gasteiger partial charge in [-0.1, -0.05) is 53.5 Å². The van der Waals surface area contributed by atoms with Crippen LogP contribution in [0.5, 0.6) is 0 Å². The smallest absolute Gasteiger partial charge is 0.248 e. The largest absolute Gasteiger partial charge is 0.322 e. The van der Waals surface area contributed by atoms with Crippen LogP contribution in [-0.4, -0.2) is 5.91 Å². The number of nitrogens with one attached hydrogen (secondary N) is 1. The first kappa shape index (κ1) is 16.8. The molecule has 0 radical (unpaired) electrons. The molecule has 0 saturated heterocycles. The van der Waals surface area contributed by atoms with Crippen molar-refractivity contribution in [3.8, 4) is 10.4 Å². The summed E-state index contributed by atoms with van der Waals surface area (Å²) in [5, 5.41) is 5.88. The highest BCUT2D eigenvalue weighted by Gasteiger charge is 2.07. The second-order valence-electron chi connectivity index (χ2n) is 5.02. The highest BCUT2D eigenvalue weighted by molar-refractivity contribution is 7.13. The summed E-state index contributed by atoms with van der Waals surface area (Å²) in [4.78, 5) is 13.3. The highest BCUT2D eigenvalue weighted by Crippen LogP contribution is 2.31. The van der Waals surface area contributed by atoms with E-state index in [1.807, 2.05) is 41.8 Å². The molecule has 0 unspecified atom stereocenters. The number of thiophene rings is 1. The summed E-state index contributed by atoms with van der Waals surface area (Å²) >= 11 is 13.5. The standard InChI is InChI=1S/C19H13Cl2NOS/c20-15-9-7-13(12-16(15)21)8-10-19(23)22-17-5-2-1-4-14(17)18-6-3-11-24-18/h1-12H,(H,22,23)/b10-8+. The molecule has 0 aliphatic rings. The van der Waals surface area contributed by atoms with E-state index >= 15 is 0 Å². The number of hydrogen-bond donors (Lipinski definition) is 1. The minimum absolute atomic E-state index is 0.204. The van der Waals surface area contributed by atoms with E-state index in [0.29, 0.717) is 10.0 Å². The van der Waals surface area contributed by atoms with Gasteiger partial charge >= 0.3 is 0 Å². The highest BCUT2D eigenvalue weighted by atomic mass is 35.5. The molecule has 1 heterocycles. The van der Waals surface area contributed by atoms with Crippen molar-refractivity contribution < 1.29 is 4.79 Å². The third kappa shape index (κ3) is 4.06. The first-order chi connectivity index (χ1) is 11.6. The van der Waals surface area contributed by atoms with Crippen molar-refractivity contribution >= 4 is 52.2 Å². The summed E-state index contributed by atoms with van der Waals surface area (Å²) in [6.45, 7) is 0. The Balaban J connectivity index is 1.76. The van der Waals surface area contributed by atoms with Gasteiger partial charge in [0.05, 0.1) is 10.0 Å². The fourth-order valence-corrected chi connectivity index (χ4v) is 3.27. The Kier molecular flexibility index (Phi) is 5.36. The van der Waals surface area contributed by atoms with Crippen molar-refractivity contribution in [3.63, 3.8) is 0 Å². The predicted octanol–water partition coefficient (Wildman–Crippen LogP) is 6.37. The maximum atomic E-state index is 12.2. The van der Waals surface area contributed by atoms with Crippen LogP contribution in [-0.2, 0) is 4.79 Å². The first-order valence-corrected chi connectivity index (χ1v) is 8.84. The Morgan fingerprint density at radius 2 is 1.83 bits per heavy atom. The molecule has 0 fully saturated rings. The van der Waals surface area contributed by atoms with Gasteiger partial charge in [0.15, 0.2) is 0 Å². The zero-order valence-corrected chi connectivity index (χ0v) is 14.8. The number of hydrogen-bond acceptors (Lipinski definition) is 2. The fourth-order valence-electron chi connectivity index (χ4n) is 2.20. The quantitative estimate of drug-likeness (QED) is 0.528. The van der Waals surface area contributed by atoms with Crippen molar-refractivity contribution in [3.05, 3.63) is 81.7 Å². The minimum atomic E-state index is -0.204. The van der Waals surface area contributed by atoms with Gasteiger partial charge in [0.2, 0.25) is 5.91 Å². The van der Waals surface area contributed by atoms with Crippen LogP contribution in [0.25, 0.3) is 16.5 Å². The lowest BCUT2D eigenvalue weighted by atomic mass is 10.1. The zero-order valence-electron chi connectivity index (χ0n) is 12.5. The summed E-state index contributed by atoms with van der Waals surface area (Å²) in [5.74, 6) is -0.204. The average Bonchev–Trinajstić information content (AvgIpc) is 3.11. The van der Waals surface area contributed by atoms with E-state index in [-0.39, 0.29) is 5.91 Å². The van der Waals surface area contributed by atoms with Crippen molar-refractivity contribution in [2.75, 3.05) is 5.32 Å². The van der Waals surface area contributed by atoms with Gasteiger partial charge < -0.3 is 5.32 Å². The number of carbonyl (C=O) groups is 1. The lowest BCUT2D eigenvalue weighted by Crippen LogP contribution is -2.08. The topological polar surface area (TPSA) is 29.1 Å². The molecule has 1 amide bonds. The van der Waals surface area contributed by atoms with Gasteiger partial charge in [-0.15, -0.1) is 11.3 Å². The number of rotatable bonds is 4. The van der Waals surface area contributed by atoms with Gasteiger partial charge in [-0.2, -0.15) is 0 Å². The van der Waals surface area contributed by atoms with Crippen LogP contribution in [0, 0.1) is 0 Å². The van der Waals surface area contributed by atoms with Crippen LogP contribution in [0.3, 0.4) is 0 Å². The number of carbonyl (C=O) groups excluding carboxylic acids is 1. The molecule has 0 saturated carbocycles. The molecule has 0 atom stereocenters. The van der Waals surface area contributed by atoms with E-state index in [0.717, 1.165) is 21.7 Å². The molecule has 0 bridgehead atoms. The van der Waals surface area contributed by atoms with Gasteiger partial charge in [0.1, 0.15) is 0 Å². The maximum absolute atomic E-state index is 12.2. The molecule has 3 aromatic rings. The number of benzene rings is 2. The zero-order chi connectivity index (χ0) is 16.9. The van der Waals surface area contributed by atoms with Crippen molar-refractivity contribution in [2.45, 2.75) is 0 Å². The fraction of sp³-hybridized carbons (Fsp3) is 0. The van der Waals surface area contributed by atoms with E-state index < -0.39 is 0 Å². The minimum Gasteiger partial charge on any atom is -0.322 e. The molecule has 2 nitrogen and oxygen atoms in total. The molecule has 0 aliphatic heterocycles. The second-order valence-corrected chi connectivity index (χ2v) is 6.78. The van der Waals surface area contributed by atoms with E-state index in [2.05, 4.69) is 5.32 Å². The van der Waals surface area contributed by atoms with Gasteiger partial charge in [-0.25, -0.2) is 0 Å². The monoisotopic (exact) mass is 373 g/mol. The van der Waals surface area contributed by atoms with Gasteiger partial charge in [-0.3, -0.25) is 4.79 Å². The molecule has 120 valence electrons. The number of halogens is 2. The van der Waals surface area contributed by atoms with E-state index in [1.165, 1.54) is 6.08 Å². The van der Waals surface area contributed by atoms with Gasteiger partial charge in [0, 0.05) is 22.2 Å². The summed E-state index contributed by atoms with van der Waals surface area (Å²) in [6.07, 6.45) is 3.18. The van der Waals surface area contributed by atoms with Crippen LogP contribution in [0.4, 0.5) is 5.69 Å². The van der Waals surface area contributed by atoms with Gasteiger partial charge in [-0.05, 0) is 41.3 Å². The Hall–Kier alpha value is -2.07. The molecule has 2 aromatic carbocycles. The number of amides is 1. The molecule has 0 spiro atoms. The molecule has 24 heavy (non-hydrogen) atoms. The molecule has 3 rings (SSSR count). The summed E-state index contributed by atoms with van der Waals surface area (Å²) in [6, 6.07) is 17.0. The molecular weight excluding hydrogens is 361 g/mol. The van der Waals surface area contributed by atoms with Crippen LogP contribution >= 0.6 is 34.5 Å². The van der Waals surface area contributed by atoms with Gasteiger partial charge in [0.25, 0.3) is 0 Å². The van der Waals surface area contributed by atoms with Crippen molar-refractivity contribution in [1.29, 1.82) is 0 Å². The molecule has 0 aliphatic carbocycles. The lowest BCUT2D eigenvalue weighted by Gasteiger charge is -2.08. The summed E-state index contributed by atoms with van der Waals surface area (Å²) < 4.78 is 0. The van der Waals surface area contributed by atoms with E-state index in [1.54, 1.807) is 35.6 Å². The molecule has 1 aromatic heterocycles. The molecule has 1 N–H and O–H groups in total. The Labute approximate surface area is 154 Å². The molecule has 5 heteroatoms. The van der Waals surface area contributed by atoms with Crippen LogP contribution < -0.4 is 5.32 Å². The van der Waals surface area contributed by atoms with Crippen LogP contribution in [0.2, 0.25) is 10.0 Å². The summed E-state index contributed by atoms with van der Waals surface area (Å²) in [7, 11) is 0. The van der Waals surface area contributed by atoms with Crippen LogP contribution in [0.15, 0.2) is 66.1 Å².